The van der Waals surface area contributed by atoms with Gasteiger partial charge in [-0.05, 0) is 25.2 Å². The van der Waals surface area contributed by atoms with Crippen molar-refractivity contribution in [1.82, 2.24) is 0 Å². The molecule has 0 spiro atoms. The molecule has 0 bridgehead atoms. The van der Waals surface area contributed by atoms with Crippen molar-refractivity contribution in [2.45, 2.75) is 69.7 Å². The molecular weight excluding hydrogens is 252 g/mol. The Morgan fingerprint density at radius 3 is 2.47 bits per heavy atom. The lowest BCUT2D eigenvalue weighted by molar-refractivity contribution is 0.0350. The lowest BCUT2D eigenvalue weighted by Gasteiger charge is -2.25. The van der Waals surface area contributed by atoms with Crippen LogP contribution in [0.2, 0.25) is 0 Å². The van der Waals surface area contributed by atoms with Gasteiger partial charge in [-0.2, -0.15) is 0 Å². The largest absolute Gasteiger partial charge is 0.377 e. The molecular formula is C13H25BrO. The van der Waals surface area contributed by atoms with Gasteiger partial charge in [-0.15, -0.1) is 0 Å². The normalized spacial score (nSPS) is 28.8. The summed E-state index contributed by atoms with van der Waals surface area (Å²) in [5.41, 5.74) is 0. The fraction of sp³-hybridized carbons (Fsp3) is 1.00. The van der Waals surface area contributed by atoms with E-state index in [4.69, 9.17) is 4.74 Å². The van der Waals surface area contributed by atoms with Crippen LogP contribution in [0, 0.1) is 5.92 Å². The van der Waals surface area contributed by atoms with E-state index in [-0.39, 0.29) is 0 Å². The molecule has 1 saturated carbocycles. The first kappa shape index (κ1) is 13.5. The third kappa shape index (κ3) is 5.91. The predicted octanol–water partition coefficient (Wildman–Crippen LogP) is 4.54. The van der Waals surface area contributed by atoms with Gasteiger partial charge in [0, 0.05) is 11.4 Å². The van der Waals surface area contributed by atoms with E-state index in [1.165, 1.54) is 44.9 Å². The van der Waals surface area contributed by atoms with Crippen LogP contribution in [0.25, 0.3) is 0 Å². The molecule has 1 fully saturated rings. The fourth-order valence-corrected chi connectivity index (χ4v) is 2.79. The van der Waals surface area contributed by atoms with E-state index in [0.717, 1.165) is 12.5 Å². The Bertz CT molecular complexity index is 159. The number of rotatable bonds is 4. The van der Waals surface area contributed by atoms with Crippen LogP contribution in [0.15, 0.2) is 0 Å². The van der Waals surface area contributed by atoms with E-state index in [1.807, 2.05) is 0 Å². The first-order valence-corrected chi connectivity index (χ1v) is 7.37. The predicted molar refractivity (Wildman–Crippen MR) is 69.6 cm³/mol. The molecule has 0 amide bonds. The molecule has 0 aliphatic heterocycles. The summed E-state index contributed by atoms with van der Waals surface area (Å²) >= 11 is 3.78. The average molecular weight is 277 g/mol. The molecule has 1 nitrogen and oxygen atoms in total. The second-order valence-electron chi connectivity index (χ2n) is 5.10. The summed E-state index contributed by atoms with van der Waals surface area (Å²) in [5, 5.41) is 0. The van der Waals surface area contributed by atoms with E-state index in [9.17, 15) is 0 Å². The highest BCUT2D eigenvalue weighted by molar-refractivity contribution is 9.09. The minimum Gasteiger partial charge on any atom is -0.377 e. The third-order valence-corrected chi connectivity index (χ3v) is 4.20. The lowest BCUT2D eigenvalue weighted by atomic mass is 9.98. The molecule has 2 atom stereocenters. The highest BCUT2D eigenvalue weighted by atomic mass is 79.9. The van der Waals surface area contributed by atoms with Crippen molar-refractivity contribution in [2.24, 2.45) is 5.92 Å². The fourth-order valence-electron chi connectivity index (χ4n) is 2.05. The monoisotopic (exact) mass is 276 g/mol. The molecule has 1 rings (SSSR count). The second kappa shape index (κ2) is 7.67. The van der Waals surface area contributed by atoms with E-state index in [1.54, 1.807) is 0 Å². The van der Waals surface area contributed by atoms with Crippen LogP contribution in [0.5, 0.6) is 0 Å². The Balaban J connectivity index is 2.22. The molecule has 90 valence electrons. The first-order chi connectivity index (χ1) is 7.20. The Morgan fingerprint density at radius 2 is 1.80 bits per heavy atom. The highest BCUT2D eigenvalue weighted by Crippen LogP contribution is 2.25. The van der Waals surface area contributed by atoms with Gasteiger partial charge in [-0.25, -0.2) is 0 Å². The SMILES string of the molecule is CC(C)CCOC1CCCCCCC1Br. The number of halogens is 1. The molecule has 0 aromatic carbocycles. The number of alkyl halides is 1. The summed E-state index contributed by atoms with van der Waals surface area (Å²) < 4.78 is 5.99. The molecule has 15 heavy (non-hydrogen) atoms. The standard InChI is InChI=1S/C13H25BrO/c1-11(2)9-10-15-13-8-6-4-3-5-7-12(13)14/h11-13H,3-10H2,1-2H3. The van der Waals surface area contributed by atoms with Gasteiger partial charge in [-0.1, -0.05) is 55.5 Å². The number of hydrogen-bond donors (Lipinski definition) is 0. The molecule has 2 unspecified atom stereocenters. The van der Waals surface area contributed by atoms with Crippen molar-refractivity contribution in [1.29, 1.82) is 0 Å². The maximum absolute atomic E-state index is 5.99. The van der Waals surface area contributed by atoms with Crippen molar-refractivity contribution in [3.8, 4) is 0 Å². The van der Waals surface area contributed by atoms with E-state index < -0.39 is 0 Å². The van der Waals surface area contributed by atoms with Crippen molar-refractivity contribution < 1.29 is 4.74 Å². The summed E-state index contributed by atoms with van der Waals surface area (Å²) in [6.45, 7) is 5.45. The van der Waals surface area contributed by atoms with Crippen LogP contribution in [-0.2, 0) is 4.74 Å². The molecule has 0 saturated heterocycles. The number of ether oxygens (including phenoxy) is 1. The van der Waals surface area contributed by atoms with E-state index in [2.05, 4.69) is 29.8 Å². The average Bonchev–Trinajstić information content (AvgIpc) is 2.16. The number of hydrogen-bond acceptors (Lipinski definition) is 1. The van der Waals surface area contributed by atoms with Crippen molar-refractivity contribution >= 4 is 15.9 Å². The van der Waals surface area contributed by atoms with Crippen LogP contribution >= 0.6 is 15.9 Å². The van der Waals surface area contributed by atoms with Gasteiger partial charge in [0.15, 0.2) is 0 Å². The van der Waals surface area contributed by atoms with E-state index >= 15 is 0 Å². The maximum atomic E-state index is 5.99. The Hall–Kier alpha value is 0.440. The zero-order valence-electron chi connectivity index (χ0n) is 10.2. The van der Waals surface area contributed by atoms with Crippen LogP contribution in [0.3, 0.4) is 0 Å². The molecule has 0 N–H and O–H groups in total. The lowest BCUT2D eigenvalue weighted by Crippen LogP contribution is -2.26. The van der Waals surface area contributed by atoms with Crippen molar-refractivity contribution in [3.05, 3.63) is 0 Å². The van der Waals surface area contributed by atoms with Crippen LogP contribution < -0.4 is 0 Å². The van der Waals surface area contributed by atoms with Gasteiger partial charge in [0.05, 0.1) is 6.10 Å². The van der Waals surface area contributed by atoms with Crippen molar-refractivity contribution in [2.75, 3.05) is 6.61 Å². The minimum absolute atomic E-state index is 0.462. The van der Waals surface area contributed by atoms with Crippen LogP contribution in [0.4, 0.5) is 0 Å². The summed E-state index contributed by atoms with van der Waals surface area (Å²) in [5.74, 6) is 0.757. The first-order valence-electron chi connectivity index (χ1n) is 6.46. The Labute approximate surface area is 103 Å². The quantitative estimate of drug-likeness (QED) is 0.686. The molecule has 1 aliphatic carbocycles. The minimum atomic E-state index is 0.462. The molecule has 1 aliphatic rings. The zero-order valence-corrected chi connectivity index (χ0v) is 11.8. The molecule has 0 aromatic heterocycles. The van der Waals surface area contributed by atoms with Gasteiger partial charge in [0.2, 0.25) is 0 Å². The zero-order chi connectivity index (χ0) is 11.1. The molecule has 0 radical (unpaired) electrons. The summed E-state index contributed by atoms with van der Waals surface area (Å²) in [4.78, 5) is 0.588. The molecule has 0 heterocycles. The van der Waals surface area contributed by atoms with Gasteiger partial charge >= 0.3 is 0 Å². The van der Waals surface area contributed by atoms with Crippen LogP contribution in [0.1, 0.15) is 58.8 Å². The summed E-state index contributed by atoms with van der Waals surface area (Å²) in [6.07, 6.45) is 9.68. The van der Waals surface area contributed by atoms with Crippen molar-refractivity contribution in [3.63, 3.8) is 0 Å². The Kier molecular flexibility index (Phi) is 6.91. The van der Waals surface area contributed by atoms with Gasteiger partial charge in [-0.3, -0.25) is 0 Å². The highest BCUT2D eigenvalue weighted by Gasteiger charge is 2.20. The molecule has 0 aromatic rings. The topological polar surface area (TPSA) is 9.23 Å². The van der Waals surface area contributed by atoms with Gasteiger partial charge in [0.25, 0.3) is 0 Å². The summed E-state index contributed by atoms with van der Waals surface area (Å²) in [7, 11) is 0. The third-order valence-electron chi connectivity index (χ3n) is 3.15. The maximum Gasteiger partial charge on any atom is 0.0700 e. The van der Waals surface area contributed by atoms with E-state index in [0.29, 0.717) is 10.9 Å². The summed E-state index contributed by atoms with van der Waals surface area (Å²) in [6, 6.07) is 0. The molecule has 2 heteroatoms. The smallest absolute Gasteiger partial charge is 0.0700 e. The second-order valence-corrected chi connectivity index (χ2v) is 6.28. The Morgan fingerprint density at radius 1 is 1.13 bits per heavy atom. The van der Waals surface area contributed by atoms with Crippen LogP contribution in [-0.4, -0.2) is 17.5 Å². The van der Waals surface area contributed by atoms with Gasteiger partial charge in [0.1, 0.15) is 0 Å². The van der Waals surface area contributed by atoms with Gasteiger partial charge < -0.3 is 4.74 Å².